The van der Waals surface area contributed by atoms with Gasteiger partial charge in [0.15, 0.2) is 0 Å². The summed E-state index contributed by atoms with van der Waals surface area (Å²) in [5.74, 6) is 1.87. The van der Waals surface area contributed by atoms with Crippen LogP contribution in [-0.2, 0) is 19.4 Å². The van der Waals surface area contributed by atoms with Crippen molar-refractivity contribution in [3.05, 3.63) is 72.3 Å². The van der Waals surface area contributed by atoms with Crippen molar-refractivity contribution in [3.8, 4) is 6.07 Å². The summed E-state index contributed by atoms with van der Waals surface area (Å²) in [5, 5.41) is 28.7. The van der Waals surface area contributed by atoms with E-state index in [1.807, 2.05) is 31.3 Å². The van der Waals surface area contributed by atoms with Gasteiger partial charge in [-0.25, -0.2) is 14.1 Å². The Bertz CT molecular complexity index is 1020. The second-order valence-corrected chi connectivity index (χ2v) is 8.65. The SMILES string of the molecule is CCC(CC(CC(C)C#N)n1ccnc1CCO)n1cc[n+](Cc2ccccc2)c1CCO. The molecule has 3 atom stereocenters. The maximum atomic E-state index is 9.79. The Kier molecular flexibility index (Phi) is 9.23. The molecule has 7 nitrogen and oxygen atoms in total. The largest absolute Gasteiger partial charge is 0.396 e. The monoisotopic (exact) mass is 450 g/mol. The van der Waals surface area contributed by atoms with Crippen LogP contribution in [-0.4, -0.2) is 37.5 Å². The van der Waals surface area contributed by atoms with Gasteiger partial charge in [-0.15, -0.1) is 0 Å². The molecule has 0 fully saturated rings. The summed E-state index contributed by atoms with van der Waals surface area (Å²) in [5.41, 5.74) is 1.22. The smallest absolute Gasteiger partial charge is 0.259 e. The molecule has 0 radical (unpaired) electrons. The zero-order chi connectivity index (χ0) is 23.6. The van der Waals surface area contributed by atoms with E-state index in [0.717, 1.165) is 37.5 Å². The molecule has 0 aliphatic rings. The second kappa shape index (κ2) is 12.3. The molecule has 176 valence electrons. The first-order valence-corrected chi connectivity index (χ1v) is 11.9. The summed E-state index contributed by atoms with van der Waals surface area (Å²) in [7, 11) is 0. The third-order valence-electron chi connectivity index (χ3n) is 6.30. The van der Waals surface area contributed by atoms with Gasteiger partial charge in [0.2, 0.25) is 0 Å². The van der Waals surface area contributed by atoms with Crippen LogP contribution >= 0.6 is 0 Å². The van der Waals surface area contributed by atoms with E-state index in [1.165, 1.54) is 5.56 Å². The summed E-state index contributed by atoms with van der Waals surface area (Å²) in [6.45, 7) is 5.04. The molecule has 0 aliphatic heterocycles. The number of aromatic nitrogens is 4. The highest BCUT2D eigenvalue weighted by atomic mass is 16.3. The molecule has 3 aromatic rings. The molecule has 1 aromatic carbocycles. The van der Waals surface area contributed by atoms with Crippen LogP contribution in [0.2, 0.25) is 0 Å². The molecule has 3 rings (SSSR count). The zero-order valence-corrected chi connectivity index (χ0v) is 19.7. The zero-order valence-electron chi connectivity index (χ0n) is 19.7. The van der Waals surface area contributed by atoms with E-state index >= 15 is 0 Å². The molecule has 33 heavy (non-hydrogen) atoms. The van der Waals surface area contributed by atoms with Crippen molar-refractivity contribution in [1.29, 1.82) is 5.26 Å². The molecule has 0 amide bonds. The van der Waals surface area contributed by atoms with E-state index in [4.69, 9.17) is 0 Å². The van der Waals surface area contributed by atoms with Crippen LogP contribution in [0.4, 0.5) is 0 Å². The minimum absolute atomic E-state index is 0.0481. The topological polar surface area (TPSA) is 90.9 Å². The molecule has 3 unspecified atom stereocenters. The van der Waals surface area contributed by atoms with Crippen LogP contribution in [0.3, 0.4) is 0 Å². The van der Waals surface area contributed by atoms with Gasteiger partial charge < -0.3 is 14.8 Å². The van der Waals surface area contributed by atoms with Crippen molar-refractivity contribution < 1.29 is 14.8 Å². The van der Waals surface area contributed by atoms with Gasteiger partial charge in [-0.1, -0.05) is 37.3 Å². The first-order chi connectivity index (χ1) is 16.1. The van der Waals surface area contributed by atoms with Crippen molar-refractivity contribution in [3.63, 3.8) is 0 Å². The van der Waals surface area contributed by atoms with Gasteiger partial charge in [-0.05, 0) is 25.3 Å². The predicted octanol–water partition coefficient (Wildman–Crippen LogP) is 3.22. The summed E-state index contributed by atoms with van der Waals surface area (Å²) >= 11 is 0. The number of nitriles is 1. The van der Waals surface area contributed by atoms with Crippen LogP contribution in [0.25, 0.3) is 0 Å². The molecule has 0 saturated carbocycles. The molecular weight excluding hydrogens is 414 g/mol. The van der Waals surface area contributed by atoms with E-state index < -0.39 is 0 Å². The van der Waals surface area contributed by atoms with Crippen molar-refractivity contribution in [2.75, 3.05) is 13.2 Å². The van der Waals surface area contributed by atoms with Crippen molar-refractivity contribution in [2.45, 2.75) is 64.6 Å². The van der Waals surface area contributed by atoms with Gasteiger partial charge in [-0.2, -0.15) is 5.26 Å². The molecular formula is C26H36N5O2+. The van der Waals surface area contributed by atoms with Gasteiger partial charge in [0.05, 0.1) is 25.7 Å². The number of hydrogen-bond donors (Lipinski definition) is 2. The minimum atomic E-state index is -0.0820. The fourth-order valence-electron chi connectivity index (χ4n) is 4.65. The number of aliphatic hydroxyl groups excluding tert-OH is 2. The van der Waals surface area contributed by atoms with Crippen LogP contribution < -0.4 is 4.57 Å². The maximum absolute atomic E-state index is 9.79. The van der Waals surface area contributed by atoms with Gasteiger partial charge in [0.1, 0.15) is 30.8 Å². The van der Waals surface area contributed by atoms with Gasteiger partial charge in [-0.3, -0.25) is 0 Å². The molecule has 7 heteroatoms. The molecule has 0 aliphatic carbocycles. The van der Waals surface area contributed by atoms with Crippen molar-refractivity contribution in [1.82, 2.24) is 14.1 Å². The molecule has 0 spiro atoms. The summed E-state index contributed by atoms with van der Waals surface area (Å²) in [4.78, 5) is 4.44. The van der Waals surface area contributed by atoms with Gasteiger partial charge in [0, 0.05) is 37.2 Å². The van der Waals surface area contributed by atoms with Crippen LogP contribution in [0.15, 0.2) is 55.1 Å². The van der Waals surface area contributed by atoms with E-state index in [2.05, 4.69) is 56.2 Å². The van der Waals surface area contributed by atoms with Crippen molar-refractivity contribution in [2.24, 2.45) is 5.92 Å². The lowest BCUT2D eigenvalue weighted by molar-refractivity contribution is -0.695. The maximum Gasteiger partial charge on any atom is 0.259 e. The van der Waals surface area contributed by atoms with E-state index in [0.29, 0.717) is 12.8 Å². The highest BCUT2D eigenvalue weighted by molar-refractivity contribution is 5.13. The Labute approximate surface area is 196 Å². The molecule has 2 N–H and O–H groups in total. The lowest BCUT2D eigenvalue weighted by Gasteiger charge is -2.25. The lowest BCUT2D eigenvalue weighted by Crippen LogP contribution is -2.39. The number of nitrogens with zero attached hydrogens (tertiary/aromatic N) is 5. The first kappa shape index (κ1) is 24.7. The Balaban J connectivity index is 1.90. The molecule has 2 aromatic heterocycles. The lowest BCUT2D eigenvalue weighted by atomic mass is 9.95. The van der Waals surface area contributed by atoms with Crippen LogP contribution in [0.5, 0.6) is 0 Å². The third kappa shape index (κ3) is 6.31. The van der Waals surface area contributed by atoms with Gasteiger partial charge in [0.25, 0.3) is 5.82 Å². The average Bonchev–Trinajstić information content (AvgIpc) is 3.45. The van der Waals surface area contributed by atoms with E-state index in [1.54, 1.807) is 6.20 Å². The number of hydrogen-bond acceptors (Lipinski definition) is 4. The average molecular weight is 451 g/mol. The Morgan fingerprint density at radius 1 is 1.03 bits per heavy atom. The Morgan fingerprint density at radius 3 is 2.45 bits per heavy atom. The number of rotatable bonds is 13. The number of imidazole rings is 2. The fourth-order valence-corrected chi connectivity index (χ4v) is 4.65. The summed E-state index contributed by atoms with van der Waals surface area (Å²) in [6, 6.07) is 13.0. The third-order valence-corrected chi connectivity index (χ3v) is 6.30. The minimum Gasteiger partial charge on any atom is -0.396 e. The fraction of sp³-hybridized carbons (Fsp3) is 0.500. The second-order valence-electron chi connectivity index (χ2n) is 8.65. The molecule has 2 heterocycles. The predicted molar refractivity (Wildman–Crippen MR) is 126 cm³/mol. The van der Waals surface area contributed by atoms with Crippen molar-refractivity contribution >= 4 is 0 Å². The Morgan fingerprint density at radius 2 is 1.79 bits per heavy atom. The van der Waals surface area contributed by atoms with Gasteiger partial charge >= 0.3 is 0 Å². The first-order valence-electron chi connectivity index (χ1n) is 11.9. The highest BCUT2D eigenvalue weighted by Gasteiger charge is 2.28. The molecule has 0 saturated heterocycles. The summed E-state index contributed by atoms with van der Waals surface area (Å²) in [6.07, 6.45) is 11.5. The van der Waals surface area contributed by atoms with Crippen LogP contribution in [0.1, 0.15) is 62.4 Å². The number of aliphatic hydroxyl groups is 2. The van der Waals surface area contributed by atoms with Crippen LogP contribution in [0, 0.1) is 17.2 Å². The standard InChI is InChI=1S/C26H36N5O2/c1-3-23(18-24(17-21(2)19-27)30-12-11-28-25(30)9-15-32)31-14-13-29(26(31)10-16-33)20-22-7-5-4-6-8-22/h4-8,11-14,21,23-24,32-33H,3,9-10,15-18,20H2,1-2H3/q+1. The van der Waals surface area contributed by atoms with E-state index in [-0.39, 0.29) is 31.2 Å². The quantitative estimate of drug-likeness (QED) is 0.391. The Hall–Kier alpha value is -2.95. The normalized spacial score (nSPS) is 14.0. The highest BCUT2D eigenvalue weighted by Crippen LogP contribution is 2.31. The summed E-state index contributed by atoms with van der Waals surface area (Å²) < 4.78 is 6.65. The van der Waals surface area contributed by atoms with E-state index in [9.17, 15) is 15.5 Å². The molecule has 0 bridgehead atoms. The number of benzene rings is 1.